The molecule has 0 spiro atoms. The standard InChI is InChI=1S/C6H7.ClH.Mg/c1-2-4-6-5-3-1;;/h1-3H,4,6H2;1H;/q-1;;+2/p-1. The summed E-state index contributed by atoms with van der Waals surface area (Å²) in [4.78, 5) is 0. The van der Waals surface area contributed by atoms with Crippen molar-refractivity contribution in [3.63, 3.8) is 0 Å². The molecule has 0 aliphatic heterocycles. The summed E-state index contributed by atoms with van der Waals surface area (Å²) in [7, 11) is 0. The molecule has 0 aromatic rings. The molecule has 0 N–H and O–H groups in total. The molecule has 0 bridgehead atoms. The van der Waals surface area contributed by atoms with E-state index in [1.165, 1.54) is 6.42 Å². The van der Waals surface area contributed by atoms with Gasteiger partial charge in [-0.3, -0.25) is 6.08 Å². The third-order valence-electron chi connectivity index (χ3n) is 0.806. The van der Waals surface area contributed by atoms with Crippen LogP contribution >= 0.6 is 0 Å². The van der Waals surface area contributed by atoms with Crippen LogP contribution in [0.4, 0.5) is 0 Å². The Morgan fingerprint density at radius 2 is 2.12 bits per heavy atom. The van der Waals surface area contributed by atoms with Crippen LogP contribution in [0.5, 0.6) is 0 Å². The Morgan fingerprint density at radius 1 is 1.38 bits per heavy atom. The first-order valence-corrected chi connectivity index (χ1v) is 2.22. The van der Waals surface area contributed by atoms with Gasteiger partial charge in [0.2, 0.25) is 0 Å². The van der Waals surface area contributed by atoms with Crippen LogP contribution in [0.1, 0.15) is 12.8 Å². The average molecular weight is 139 g/mol. The van der Waals surface area contributed by atoms with E-state index in [1.54, 1.807) is 0 Å². The molecular formula is C6H7ClMg. The molecule has 0 heterocycles. The minimum absolute atomic E-state index is 0. The smallest absolute Gasteiger partial charge is 1.00 e. The summed E-state index contributed by atoms with van der Waals surface area (Å²) in [5, 5.41) is 0. The van der Waals surface area contributed by atoms with Crippen LogP contribution < -0.4 is 12.4 Å². The van der Waals surface area contributed by atoms with Crippen molar-refractivity contribution in [2.45, 2.75) is 12.8 Å². The van der Waals surface area contributed by atoms with E-state index in [-0.39, 0.29) is 35.5 Å². The summed E-state index contributed by atoms with van der Waals surface area (Å²) < 4.78 is 0. The van der Waals surface area contributed by atoms with Crippen LogP contribution in [0.15, 0.2) is 18.2 Å². The van der Waals surface area contributed by atoms with Gasteiger partial charge < -0.3 is 12.4 Å². The van der Waals surface area contributed by atoms with Gasteiger partial charge in [0.1, 0.15) is 0 Å². The Hall–Kier alpha value is 0.536. The van der Waals surface area contributed by atoms with E-state index in [1.807, 2.05) is 12.2 Å². The predicted molar refractivity (Wildman–Crippen MR) is 31.9 cm³/mol. The number of halogens is 1. The Labute approximate surface area is 72.6 Å². The molecular weight excluding hydrogens is 132 g/mol. The van der Waals surface area contributed by atoms with Crippen molar-refractivity contribution in [3.05, 3.63) is 24.3 Å². The van der Waals surface area contributed by atoms with Gasteiger partial charge in [0.25, 0.3) is 0 Å². The largest absolute Gasteiger partial charge is 2.00 e. The Bertz CT molecular complexity index is 74.5. The summed E-state index contributed by atoms with van der Waals surface area (Å²) in [6.07, 6.45) is 11.5. The minimum Gasteiger partial charge on any atom is -1.00 e. The van der Waals surface area contributed by atoms with Gasteiger partial charge >= 0.3 is 23.1 Å². The average Bonchev–Trinajstić information content (AvgIpc) is 1.72. The maximum atomic E-state index is 3.07. The summed E-state index contributed by atoms with van der Waals surface area (Å²) in [5.41, 5.74) is 0. The molecule has 0 atom stereocenters. The molecule has 0 aromatic heterocycles. The summed E-state index contributed by atoms with van der Waals surface area (Å²) >= 11 is 0. The van der Waals surface area contributed by atoms with E-state index in [0.717, 1.165) is 6.42 Å². The van der Waals surface area contributed by atoms with Gasteiger partial charge in [-0.2, -0.15) is 6.08 Å². The van der Waals surface area contributed by atoms with E-state index in [4.69, 9.17) is 0 Å². The topological polar surface area (TPSA) is 0 Å². The van der Waals surface area contributed by atoms with Gasteiger partial charge in [-0.05, 0) is 0 Å². The van der Waals surface area contributed by atoms with Gasteiger partial charge in [-0.25, -0.2) is 12.2 Å². The zero-order valence-corrected chi connectivity index (χ0v) is 6.90. The van der Waals surface area contributed by atoms with Gasteiger partial charge in [0.05, 0.1) is 0 Å². The first-order chi connectivity index (χ1) is 3.00. The number of allylic oxidation sites excluding steroid dienone is 4. The first-order valence-electron chi connectivity index (χ1n) is 2.22. The molecule has 0 saturated heterocycles. The maximum absolute atomic E-state index is 3.07. The van der Waals surface area contributed by atoms with E-state index in [0.29, 0.717) is 0 Å². The molecule has 1 rings (SSSR count). The van der Waals surface area contributed by atoms with Crippen LogP contribution in [0.25, 0.3) is 0 Å². The molecule has 0 aromatic carbocycles. The fourth-order valence-corrected chi connectivity index (χ4v) is 0.482. The third kappa shape index (κ3) is 4.69. The molecule has 2 heteroatoms. The quantitative estimate of drug-likeness (QED) is 0.277. The Kier molecular flexibility index (Phi) is 10.7. The summed E-state index contributed by atoms with van der Waals surface area (Å²) in [6.45, 7) is 0. The molecule has 40 valence electrons. The second kappa shape index (κ2) is 7.54. The van der Waals surface area contributed by atoms with Crippen molar-refractivity contribution >= 4 is 23.1 Å². The number of hydrogen-bond donors (Lipinski definition) is 0. The molecule has 8 heavy (non-hydrogen) atoms. The van der Waals surface area contributed by atoms with Crippen LogP contribution in [0.3, 0.4) is 0 Å². The van der Waals surface area contributed by atoms with E-state index in [2.05, 4.69) is 12.2 Å². The second-order valence-corrected chi connectivity index (χ2v) is 1.34. The van der Waals surface area contributed by atoms with Crippen molar-refractivity contribution in [1.82, 2.24) is 0 Å². The molecule has 0 radical (unpaired) electrons. The zero-order valence-electron chi connectivity index (χ0n) is 4.73. The molecule has 0 nitrogen and oxygen atoms in total. The van der Waals surface area contributed by atoms with E-state index < -0.39 is 0 Å². The zero-order chi connectivity index (χ0) is 4.24. The van der Waals surface area contributed by atoms with Gasteiger partial charge in [-0.1, -0.05) is 6.42 Å². The van der Waals surface area contributed by atoms with E-state index >= 15 is 0 Å². The number of rotatable bonds is 0. The van der Waals surface area contributed by atoms with Crippen LogP contribution in [-0.2, 0) is 0 Å². The van der Waals surface area contributed by atoms with Gasteiger partial charge in [0.15, 0.2) is 0 Å². The van der Waals surface area contributed by atoms with Crippen molar-refractivity contribution in [1.29, 1.82) is 0 Å². The summed E-state index contributed by atoms with van der Waals surface area (Å²) in [6, 6.07) is 0. The first kappa shape index (κ1) is 11.3. The van der Waals surface area contributed by atoms with Crippen molar-refractivity contribution in [2.75, 3.05) is 0 Å². The van der Waals surface area contributed by atoms with Gasteiger partial charge in [-0.15, -0.1) is 6.42 Å². The molecule has 0 saturated carbocycles. The second-order valence-electron chi connectivity index (χ2n) is 1.34. The predicted octanol–water partition coefficient (Wildman–Crippen LogP) is -1.68. The van der Waals surface area contributed by atoms with Crippen LogP contribution in [0, 0.1) is 6.08 Å². The maximum Gasteiger partial charge on any atom is 2.00 e. The molecule has 1 aliphatic rings. The van der Waals surface area contributed by atoms with Crippen molar-refractivity contribution in [3.8, 4) is 0 Å². The summed E-state index contributed by atoms with van der Waals surface area (Å²) in [5.74, 6) is 0. The monoisotopic (exact) mass is 138 g/mol. The van der Waals surface area contributed by atoms with Crippen molar-refractivity contribution in [2.24, 2.45) is 0 Å². The van der Waals surface area contributed by atoms with E-state index in [9.17, 15) is 0 Å². The van der Waals surface area contributed by atoms with Gasteiger partial charge in [0, 0.05) is 0 Å². The molecule has 0 amide bonds. The third-order valence-corrected chi connectivity index (χ3v) is 0.806. The SMILES string of the molecule is [C-]1=CC=CCC1.[Cl-].[Mg+2]. The van der Waals surface area contributed by atoms with Crippen molar-refractivity contribution < 1.29 is 12.4 Å². The fourth-order valence-electron chi connectivity index (χ4n) is 0.482. The number of hydrogen-bond acceptors (Lipinski definition) is 0. The molecule has 0 unspecified atom stereocenters. The molecule has 1 aliphatic carbocycles. The molecule has 0 fully saturated rings. The minimum atomic E-state index is 0. The normalized spacial score (nSPS) is 14.0. The Balaban J connectivity index is 0. The Morgan fingerprint density at radius 3 is 2.25 bits per heavy atom. The van der Waals surface area contributed by atoms with Crippen LogP contribution in [0.2, 0.25) is 0 Å². The fraction of sp³-hybridized carbons (Fsp3) is 0.333. The van der Waals surface area contributed by atoms with Crippen LogP contribution in [-0.4, -0.2) is 23.1 Å².